The van der Waals surface area contributed by atoms with E-state index in [1.54, 1.807) is 0 Å². The normalized spacial score (nSPS) is 40.6. The van der Waals surface area contributed by atoms with E-state index < -0.39 is 0 Å². The van der Waals surface area contributed by atoms with Crippen molar-refractivity contribution in [3.05, 3.63) is 11.6 Å². The first-order chi connectivity index (χ1) is 8.65. The molecule has 98 valence electrons. The monoisotopic (exact) mass is 246 g/mol. The van der Waals surface area contributed by atoms with Gasteiger partial charge >= 0.3 is 0 Å². The van der Waals surface area contributed by atoms with Crippen LogP contribution in [-0.4, -0.2) is 11.6 Å². The van der Waals surface area contributed by atoms with Crippen LogP contribution in [0.3, 0.4) is 0 Å². The minimum Gasteiger partial charge on any atom is -0.300 e. The first-order valence-electron chi connectivity index (χ1n) is 7.40. The van der Waals surface area contributed by atoms with Crippen molar-refractivity contribution < 1.29 is 9.59 Å². The molecule has 0 aromatic heterocycles. The zero-order chi connectivity index (χ0) is 12.7. The Morgan fingerprint density at radius 2 is 1.89 bits per heavy atom. The molecule has 0 heterocycles. The molecule has 3 rings (SSSR count). The molecule has 4 unspecified atom stereocenters. The molecule has 4 atom stereocenters. The summed E-state index contributed by atoms with van der Waals surface area (Å²) in [4.78, 5) is 23.0. The smallest absolute Gasteiger partial charge is 0.155 e. The van der Waals surface area contributed by atoms with E-state index in [1.807, 2.05) is 6.08 Å². The molecule has 0 spiro atoms. The van der Waals surface area contributed by atoms with Gasteiger partial charge in [0, 0.05) is 19.3 Å². The van der Waals surface area contributed by atoms with Gasteiger partial charge in [0.05, 0.1) is 0 Å². The SMILES string of the molecule is CC1C2CCC(=O)C=C2CCC1C1CCC(=O)C1. The first-order valence-corrected chi connectivity index (χ1v) is 7.40. The average Bonchev–Trinajstić information content (AvgIpc) is 2.76. The quantitative estimate of drug-likeness (QED) is 0.711. The minimum atomic E-state index is 0.322. The van der Waals surface area contributed by atoms with Gasteiger partial charge in [0.15, 0.2) is 5.78 Å². The average molecular weight is 246 g/mol. The summed E-state index contributed by atoms with van der Waals surface area (Å²) in [5.41, 5.74) is 1.40. The lowest BCUT2D eigenvalue weighted by Crippen LogP contribution is -2.34. The minimum absolute atomic E-state index is 0.322. The highest BCUT2D eigenvalue weighted by Gasteiger charge is 2.40. The van der Waals surface area contributed by atoms with Crippen molar-refractivity contribution in [2.45, 2.75) is 51.9 Å². The van der Waals surface area contributed by atoms with Gasteiger partial charge < -0.3 is 0 Å². The molecule has 0 bridgehead atoms. The van der Waals surface area contributed by atoms with Gasteiger partial charge in [-0.1, -0.05) is 12.5 Å². The van der Waals surface area contributed by atoms with Crippen LogP contribution >= 0.6 is 0 Å². The van der Waals surface area contributed by atoms with Crippen molar-refractivity contribution in [2.75, 3.05) is 0 Å². The fourth-order valence-electron chi connectivity index (χ4n) is 4.50. The largest absolute Gasteiger partial charge is 0.300 e. The number of carbonyl (C=O) groups is 2. The van der Waals surface area contributed by atoms with Crippen molar-refractivity contribution in [1.82, 2.24) is 0 Å². The summed E-state index contributed by atoms with van der Waals surface area (Å²) in [7, 11) is 0. The lowest BCUT2D eigenvalue weighted by atomic mass is 9.63. The molecular formula is C16H22O2. The molecule has 0 saturated heterocycles. The molecule has 2 heteroatoms. The number of allylic oxidation sites excluding steroid dienone is 2. The first kappa shape index (κ1) is 12.1. The molecule has 0 radical (unpaired) electrons. The molecule has 3 aliphatic rings. The molecule has 0 aromatic rings. The van der Waals surface area contributed by atoms with Crippen LogP contribution in [0.5, 0.6) is 0 Å². The van der Waals surface area contributed by atoms with Crippen LogP contribution < -0.4 is 0 Å². The Morgan fingerprint density at radius 1 is 1.06 bits per heavy atom. The Morgan fingerprint density at radius 3 is 2.61 bits per heavy atom. The topological polar surface area (TPSA) is 34.1 Å². The maximum Gasteiger partial charge on any atom is 0.155 e. The number of Topliss-reactive ketones (excluding diaryl/α,β-unsaturated/α-hetero) is 1. The van der Waals surface area contributed by atoms with Crippen molar-refractivity contribution in [3.8, 4) is 0 Å². The van der Waals surface area contributed by atoms with Gasteiger partial charge in [-0.3, -0.25) is 9.59 Å². The van der Waals surface area contributed by atoms with Crippen LogP contribution in [0.15, 0.2) is 11.6 Å². The molecule has 0 N–H and O–H groups in total. The van der Waals surface area contributed by atoms with Gasteiger partial charge in [0.2, 0.25) is 0 Å². The molecular weight excluding hydrogens is 224 g/mol. The summed E-state index contributed by atoms with van der Waals surface area (Å²) < 4.78 is 0. The molecule has 18 heavy (non-hydrogen) atoms. The van der Waals surface area contributed by atoms with Crippen LogP contribution in [-0.2, 0) is 9.59 Å². The Kier molecular flexibility index (Phi) is 3.13. The molecule has 3 aliphatic carbocycles. The molecule has 0 aliphatic heterocycles. The lowest BCUT2D eigenvalue weighted by molar-refractivity contribution is -0.117. The van der Waals surface area contributed by atoms with Gasteiger partial charge in [-0.25, -0.2) is 0 Å². The summed E-state index contributed by atoms with van der Waals surface area (Å²) in [5.74, 6) is 3.42. The summed E-state index contributed by atoms with van der Waals surface area (Å²) in [6.07, 6.45) is 8.71. The van der Waals surface area contributed by atoms with E-state index in [9.17, 15) is 9.59 Å². The van der Waals surface area contributed by atoms with Gasteiger partial charge in [-0.15, -0.1) is 0 Å². The van der Waals surface area contributed by atoms with E-state index in [4.69, 9.17) is 0 Å². The lowest BCUT2D eigenvalue weighted by Gasteiger charge is -2.42. The summed E-state index contributed by atoms with van der Waals surface area (Å²) >= 11 is 0. The Balaban J connectivity index is 1.75. The number of carbonyl (C=O) groups excluding carboxylic acids is 2. The maximum atomic E-state index is 11.5. The Labute approximate surface area is 109 Å². The Hall–Kier alpha value is -0.920. The second-order valence-corrected chi connectivity index (χ2v) is 6.43. The van der Waals surface area contributed by atoms with Crippen molar-refractivity contribution in [1.29, 1.82) is 0 Å². The van der Waals surface area contributed by atoms with Gasteiger partial charge in [-0.2, -0.15) is 0 Å². The third-order valence-electron chi connectivity index (χ3n) is 5.49. The summed E-state index contributed by atoms with van der Waals surface area (Å²) in [6.45, 7) is 2.35. The maximum absolute atomic E-state index is 11.5. The zero-order valence-corrected chi connectivity index (χ0v) is 11.2. The highest BCUT2D eigenvalue weighted by Crippen LogP contribution is 2.48. The second kappa shape index (κ2) is 4.64. The third kappa shape index (κ3) is 2.06. The molecule has 0 aromatic carbocycles. The number of hydrogen-bond donors (Lipinski definition) is 0. The van der Waals surface area contributed by atoms with Gasteiger partial charge in [0.1, 0.15) is 5.78 Å². The fraction of sp³-hybridized carbons (Fsp3) is 0.750. The molecule has 0 amide bonds. The summed E-state index contributed by atoms with van der Waals surface area (Å²) in [5, 5.41) is 0. The van der Waals surface area contributed by atoms with Crippen molar-refractivity contribution in [2.24, 2.45) is 23.7 Å². The summed E-state index contributed by atoms with van der Waals surface area (Å²) in [6, 6.07) is 0. The van der Waals surface area contributed by atoms with E-state index in [-0.39, 0.29) is 0 Å². The van der Waals surface area contributed by atoms with E-state index in [0.717, 1.165) is 38.5 Å². The second-order valence-electron chi connectivity index (χ2n) is 6.43. The highest BCUT2D eigenvalue weighted by molar-refractivity contribution is 5.91. The molecule has 2 fully saturated rings. The number of fused-ring (bicyclic) bond motifs is 1. The van der Waals surface area contributed by atoms with E-state index in [2.05, 4.69) is 6.92 Å². The van der Waals surface area contributed by atoms with E-state index in [1.165, 1.54) is 12.0 Å². The number of hydrogen-bond acceptors (Lipinski definition) is 2. The van der Waals surface area contributed by atoms with Crippen LogP contribution in [0.25, 0.3) is 0 Å². The molecule has 2 saturated carbocycles. The van der Waals surface area contributed by atoms with Crippen LogP contribution in [0, 0.1) is 23.7 Å². The van der Waals surface area contributed by atoms with Crippen molar-refractivity contribution >= 4 is 11.6 Å². The van der Waals surface area contributed by atoms with Crippen LogP contribution in [0.1, 0.15) is 51.9 Å². The predicted octanol–water partition coefficient (Wildman–Crippen LogP) is 3.31. The highest BCUT2D eigenvalue weighted by atomic mass is 16.1. The van der Waals surface area contributed by atoms with Crippen LogP contribution in [0.2, 0.25) is 0 Å². The van der Waals surface area contributed by atoms with Crippen molar-refractivity contribution in [3.63, 3.8) is 0 Å². The third-order valence-corrected chi connectivity index (χ3v) is 5.49. The van der Waals surface area contributed by atoms with E-state index >= 15 is 0 Å². The van der Waals surface area contributed by atoms with Gasteiger partial charge in [-0.05, 0) is 55.4 Å². The van der Waals surface area contributed by atoms with E-state index in [0.29, 0.717) is 35.2 Å². The number of rotatable bonds is 1. The Bertz CT molecular complexity index is 407. The predicted molar refractivity (Wildman–Crippen MR) is 70.1 cm³/mol. The standard InChI is InChI=1S/C16H22O2/c1-10-15(11-2-4-13(17)8-11)6-3-12-9-14(18)5-7-16(10)12/h9-11,15-16H,2-8H2,1H3. The zero-order valence-electron chi connectivity index (χ0n) is 11.2. The fourth-order valence-corrected chi connectivity index (χ4v) is 4.50. The molecule has 2 nitrogen and oxygen atoms in total. The van der Waals surface area contributed by atoms with Gasteiger partial charge in [0.25, 0.3) is 0 Å². The van der Waals surface area contributed by atoms with Crippen LogP contribution in [0.4, 0.5) is 0 Å². The number of ketones is 2.